The molecule has 32 heavy (non-hydrogen) atoms. The van der Waals surface area contributed by atoms with E-state index in [-0.39, 0.29) is 29.9 Å². The largest absolute Gasteiger partial charge is 0.464 e. The Bertz CT molecular complexity index is 1240. The molecule has 1 saturated heterocycles. The minimum Gasteiger partial charge on any atom is -0.464 e. The van der Waals surface area contributed by atoms with Crippen LogP contribution in [-0.4, -0.2) is 50.9 Å². The van der Waals surface area contributed by atoms with E-state index >= 15 is 0 Å². The van der Waals surface area contributed by atoms with Crippen LogP contribution >= 0.6 is 0 Å². The Labute approximate surface area is 189 Å². The van der Waals surface area contributed by atoms with E-state index in [1.54, 1.807) is 11.2 Å². The van der Waals surface area contributed by atoms with Gasteiger partial charge in [-0.25, -0.2) is 8.42 Å². The lowest BCUT2D eigenvalue weighted by Gasteiger charge is -2.28. The van der Waals surface area contributed by atoms with Crippen LogP contribution in [0.4, 0.5) is 5.69 Å². The maximum absolute atomic E-state index is 13.5. The number of fused-ring (bicyclic) bond motifs is 1. The molecule has 2 aromatic carbocycles. The first-order chi connectivity index (χ1) is 15.1. The second kappa shape index (κ2) is 8.62. The van der Waals surface area contributed by atoms with Crippen molar-refractivity contribution < 1.29 is 17.6 Å². The summed E-state index contributed by atoms with van der Waals surface area (Å²) in [4.78, 5) is 17.2. The molecule has 3 aromatic rings. The van der Waals surface area contributed by atoms with Crippen molar-refractivity contribution >= 4 is 32.4 Å². The predicted molar refractivity (Wildman–Crippen MR) is 128 cm³/mol. The third-order valence-electron chi connectivity index (χ3n) is 6.46. The van der Waals surface area contributed by atoms with E-state index in [0.717, 1.165) is 38.9 Å². The monoisotopic (exact) mass is 454 g/mol. The Kier molecular flexibility index (Phi) is 6.03. The first-order valence-electron chi connectivity index (χ1n) is 10.9. The molecule has 0 N–H and O–H groups in total. The zero-order chi connectivity index (χ0) is 23.0. The van der Waals surface area contributed by atoms with Gasteiger partial charge in [-0.15, -0.1) is 0 Å². The van der Waals surface area contributed by atoms with Gasteiger partial charge in [0.15, 0.2) is 9.84 Å². The van der Waals surface area contributed by atoms with E-state index < -0.39 is 9.84 Å². The first-order valence-corrected chi connectivity index (χ1v) is 12.7. The predicted octanol–water partition coefficient (Wildman–Crippen LogP) is 3.87. The summed E-state index contributed by atoms with van der Waals surface area (Å²) in [5, 5.41) is 0.941. The molecule has 0 saturated carbocycles. The number of hydrogen-bond acceptors (Lipinski definition) is 5. The van der Waals surface area contributed by atoms with Gasteiger partial charge in [-0.2, -0.15) is 0 Å². The van der Waals surface area contributed by atoms with Crippen molar-refractivity contribution in [2.24, 2.45) is 0 Å². The fourth-order valence-electron chi connectivity index (χ4n) is 4.33. The number of benzene rings is 2. The lowest BCUT2D eigenvalue weighted by molar-refractivity contribution is -0.133. The van der Waals surface area contributed by atoms with Crippen molar-refractivity contribution in [1.82, 2.24) is 4.90 Å². The smallest absolute Gasteiger partial charge is 0.227 e. The van der Waals surface area contributed by atoms with Crippen LogP contribution in [0.1, 0.15) is 28.7 Å². The Morgan fingerprint density at radius 3 is 2.44 bits per heavy atom. The van der Waals surface area contributed by atoms with E-state index in [0.29, 0.717) is 13.0 Å². The molecule has 7 heteroatoms. The molecule has 1 atom stereocenters. The maximum atomic E-state index is 13.5. The normalized spacial score (nSPS) is 17.6. The van der Waals surface area contributed by atoms with Crippen molar-refractivity contribution in [3.63, 3.8) is 0 Å². The van der Waals surface area contributed by atoms with Gasteiger partial charge in [0.2, 0.25) is 5.91 Å². The lowest BCUT2D eigenvalue weighted by Crippen LogP contribution is -2.41. The van der Waals surface area contributed by atoms with E-state index in [1.165, 1.54) is 0 Å². The zero-order valence-electron chi connectivity index (χ0n) is 19.1. The molecule has 1 aliphatic rings. The lowest BCUT2D eigenvalue weighted by atomic mass is 10.0. The van der Waals surface area contributed by atoms with Gasteiger partial charge in [0, 0.05) is 43.3 Å². The van der Waals surface area contributed by atoms with Gasteiger partial charge < -0.3 is 14.2 Å². The highest BCUT2D eigenvalue weighted by Gasteiger charge is 2.35. The Morgan fingerprint density at radius 1 is 1.09 bits per heavy atom. The fourth-order valence-corrected chi connectivity index (χ4v) is 6.06. The molecule has 1 aliphatic heterocycles. The average molecular weight is 455 g/mol. The van der Waals surface area contributed by atoms with Crippen LogP contribution in [0, 0.1) is 13.8 Å². The zero-order valence-corrected chi connectivity index (χ0v) is 19.9. The van der Waals surface area contributed by atoms with Gasteiger partial charge in [0.05, 0.1) is 24.2 Å². The number of anilines is 1. The minimum atomic E-state index is -3.11. The standard InChI is InChI=1S/C25H30N2O4S/c1-17-5-10-23-20(15-31-25(23)18(17)2)13-24(28)27(22-11-12-32(29,30)16-22)14-19-6-8-21(9-7-19)26(3)4/h5-10,15,22H,11-14,16H2,1-4H3. The number of hydrogen-bond donors (Lipinski definition) is 0. The van der Waals surface area contributed by atoms with Crippen LogP contribution in [-0.2, 0) is 27.6 Å². The van der Waals surface area contributed by atoms with Gasteiger partial charge in [0.25, 0.3) is 0 Å². The SMILES string of the molecule is Cc1ccc2c(CC(=O)N(Cc3ccc(N(C)C)cc3)C3CCS(=O)(=O)C3)coc2c1C. The maximum Gasteiger partial charge on any atom is 0.227 e. The number of furan rings is 1. The van der Waals surface area contributed by atoms with Crippen LogP contribution in [0.25, 0.3) is 11.0 Å². The third kappa shape index (κ3) is 4.53. The van der Waals surface area contributed by atoms with Crippen molar-refractivity contribution in [2.45, 2.75) is 39.3 Å². The summed E-state index contributed by atoms with van der Waals surface area (Å²) in [6, 6.07) is 11.7. The third-order valence-corrected chi connectivity index (χ3v) is 8.21. The highest BCUT2D eigenvalue weighted by atomic mass is 32.2. The number of carbonyl (C=O) groups excluding carboxylic acids is 1. The van der Waals surface area contributed by atoms with Crippen molar-refractivity contribution in [1.29, 1.82) is 0 Å². The molecule has 1 unspecified atom stereocenters. The highest BCUT2D eigenvalue weighted by molar-refractivity contribution is 7.91. The van der Waals surface area contributed by atoms with E-state index in [2.05, 4.69) is 0 Å². The summed E-state index contributed by atoms with van der Waals surface area (Å²) in [6.07, 6.45) is 2.32. The van der Waals surface area contributed by atoms with E-state index in [1.807, 2.05) is 69.2 Å². The number of carbonyl (C=O) groups is 1. The van der Waals surface area contributed by atoms with Crippen LogP contribution < -0.4 is 4.90 Å². The summed E-state index contributed by atoms with van der Waals surface area (Å²) < 4.78 is 30.1. The van der Waals surface area contributed by atoms with Gasteiger partial charge in [-0.05, 0) is 49.1 Å². The molecule has 0 bridgehead atoms. The first kappa shape index (κ1) is 22.4. The number of nitrogens with zero attached hydrogens (tertiary/aromatic N) is 2. The van der Waals surface area contributed by atoms with Crippen LogP contribution in [0.15, 0.2) is 47.1 Å². The van der Waals surface area contributed by atoms with Crippen LogP contribution in [0.2, 0.25) is 0 Å². The van der Waals surface area contributed by atoms with Crippen molar-refractivity contribution in [3.8, 4) is 0 Å². The summed E-state index contributed by atoms with van der Waals surface area (Å²) in [7, 11) is 0.847. The van der Waals surface area contributed by atoms with Gasteiger partial charge in [-0.3, -0.25) is 4.79 Å². The average Bonchev–Trinajstić information content (AvgIpc) is 3.32. The number of aryl methyl sites for hydroxylation is 2. The molecule has 1 amide bonds. The van der Waals surface area contributed by atoms with Crippen molar-refractivity contribution in [2.75, 3.05) is 30.5 Å². The molecule has 1 fully saturated rings. The molecule has 0 spiro atoms. The molecule has 170 valence electrons. The van der Waals surface area contributed by atoms with Crippen LogP contribution in [0.5, 0.6) is 0 Å². The van der Waals surface area contributed by atoms with Crippen LogP contribution in [0.3, 0.4) is 0 Å². The molecule has 1 aromatic heterocycles. The Hall–Kier alpha value is -2.80. The number of sulfone groups is 1. The highest BCUT2D eigenvalue weighted by Crippen LogP contribution is 2.28. The minimum absolute atomic E-state index is 0.0267. The quantitative estimate of drug-likeness (QED) is 0.565. The summed E-state index contributed by atoms with van der Waals surface area (Å²) in [5.41, 5.74) is 5.91. The number of rotatable bonds is 6. The molecule has 4 rings (SSSR count). The summed E-state index contributed by atoms with van der Waals surface area (Å²) in [5.74, 6) is 0.0808. The molecule has 6 nitrogen and oxygen atoms in total. The second-order valence-electron chi connectivity index (χ2n) is 8.96. The molecular weight excluding hydrogens is 424 g/mol. The molecule has 0 radical (unpaired) electrons. The van der Waals surface area contributed by atoms with E-state index in [4.69, 9.17) is 4.42 Å². The molecule has 0 aliphatic carbocycles. The Morgan fingerprint density at radius 2 is 1.81 bits per heavy atom. The van der Waals surface area contributed by atoms with Gasteiger partial charge >= 0.3 is 0 Å². The summed E-state index contributed by atoms with van der Waals surface area (Å²) >= 11 is 0. The molecular formula is C25H30N2O4S. The van der Waals surface area contributed by atoms with Gasteiger partial charge in [-0.1, -0.05) is 24.3 Å². The van der Waals surface area contributed by atoms with E-state index in [9.17, 15) is 13.2 Å². The van der Waals surface area contributed by atoms with Crippen molar-refractivity contribution in [3.05, 3.63) is 64.9 Å². The fraction of sp³-hybridized carbons (Fsp3) is 0.400. The molecule has 2 heterocycles. The topological polar surface area (TPSA) is 70.8 Å². The summed E-state index contributed by atoms with van der Waals surface area (Å²) in [6.45, 7) is 4.44. The van der Waals surface area contributed by atoms with Gasteiger partial charge in [0.1, 0.15) is 5.58 Å². The number of amides is 1. The second-order valence-corrected chi connectivity index (χ2v) is 11.2. The Balaban J connectivity index is 1.61.